The fourth-order valence-corrected chi connectivity index (χ4v) is 1.95. The molecule has 0 amide bonds. The number of hydrogen-bond donors (Lipinski definition) is 0. The van der Waals surface area contributed by atoms with Crippen molar-refractivity contribution in [3.63, 3.8) is 0 Å². The van der Waals surface area contributed by atoms with Gasteiger partial charge in [0, 0.05) is 22.6 Å². The summed E-state index contributed by atoms with van der Waals surface area (Å²) in [6.07, 6.45) is 0. The average Bonchev–Trinajstić information content (AvgIpc) is 2.73. The lowest BCUT2D eigenvalue weighted by Gasteiger charge is -2.05. The molecule has 0 spiro atoms. The molecule has 2 aromatic rings. The molecule has 0 fully saturated rings. The summed E-state index contributed by atoms with van der Waals surface area (Å²) in [7, 11) is 0. The van der Waals surface area contributed by atoms with Crippen molar-refractivity contribution in [3.8, 4) is 5.75 Å². The Morgan fingerprint density at radius 2 is 2.22 bits per heavy atom. The predicted molar refractivity (Wildman–Crippen MR) is 67.4 cm³/mol. The van der Waals surface area contributed by atoms with Crippen molar-refractivity contribution in [2.24, 2.45) is 0 Å². The number of nitro groups is 1. The minimum atomic E-state index is -0.567. The second-order valence-electron chi connectivity index (χ2n) is 3.15. The fraction of sp³-hybridized carbons (Fsp3) is 0.111. The van der Waals surface area contributed by atoms with Gasteiger partial charge in [-0.2, -0.15) is 0 Å². The monoisotopic (exact) mass is 305 g/mol. The molecule has 1 aromatic carbocycles. The van der Waals surface area contributed by atoms with Crippen LogP contribution >= 0.6 is 34.7 Å². The molecule has 0 saturated carbocycles. The minimum Gasteiger partial charge on any atom is -0.480 e. The van der Waals surface area contributed by atoms with E-state index in [1.807, 2.05) is 0 Å². The SMILES string of the molecule is O=[N+]([O-])c1cc(Cl)ccc1OCc1nnsc1Cl. The summed E-state index contributed by atoms with van der Waals surface area (Å²) in [5, 5.41) is 14.8. The van der Waals surface area contributed by atoms with Crippen LogP contribution in [0.25, 0.3) is 0 Å². The van der Waals surface area contributed by atoms with E-state index in [0.717, 1.165) is 11.5 Å². The third-order valence-corrected chi connectivity index (χ3v) is 3.21. The lowest BCUT2D eigenvalue weighted by atomic mass is 10.3. The summed E-state index contributed by atoms with van der Waals surface area (Å²) in [5.41, 5.74) is 0.229. The van der Waals surface area contributed by atoms with Crippen LogP contribution < -0.4 is 4.74 Å². The lowest BCUT2D eigenvalue weighted by Crippen LogP contribution is -2.00. The van der Waals surface area contributed by atoms with Crippen LogP contribution in [0, 0.1) is 10.1 Å². The number of aromatic nitrogens is 2. The molecule has 2 rings (SSSR count). The molecule has 0 saturated heterocycles. The highest BCUT2D eigenvalue weighted by atomic mass is 35.5. The molecule has 0 aliphatic rings. The van der Waals surface area contributed by atoms with Crippen LogP contribution in [0.3, 0.4) is 0 Å². The summed E-state index contributed by atoms with van der Waals surface area (Å²) in [6, 6.07) is 4.15. The van der Waals surface area contributed by atoms with E-state index in [1.165, 1.54) is 18.2 Å². The second-order valence-corrected chi connectivity index (χ2v) is 4.94. The first-order chi connectivity index (χ1) is 8.58. The normalized spacial score (nSPS) is 10.3. The number of benzene rings is 1. The van der Waals surface area contributed by atoms with E-state index in [-0.39, 0.29) is 23.1 Å². The van der Waals surface area contributed by atoms with Crippen LogP contribution in [0.5, 0.6) is 5.75 Å². The number of ether oxygens (including phenoxy) is 1. The highest BCUT2D eigenvalue weighted by Crippen LogP contribution is 2.31. The molecule has 0 radical (unpaired) electrons. The molecule has 0 aliphatic heterocycles. The molecule has 0 bridgehead atoms. The zero-order valence-corrected chi connectivity index (χ0v) is 11.0. The zero-order chi connectivity index (χ0) is 13.1. The Labute approximate surface area is 115 Å². The van der Waals surface area contributed by atoms with Crippen molar-refractivity contribution in [3.05, 3.63) is 43.4 Å². The molecule has 0 unspecified atom stereocenters. The van der Waals surface area contributed by atoms with E-state index in [9.17, 15) is 10.1 Å². The Morgan fingerprint density at radius 1 is 1.44 bits per heavy atom. The van der Waals surface area contributed by atoms with Crippen LogP contribution in [-0.4, -0.2) is 14.5 Å². The second kappa shape index (κ2) is 5.47. The van der Waals surface area contributed by atoms with E-state index in [0.29, 0.717) is 10.0 Å². The van der Waals surface area contributed by atoms with Gasteiger partial charge >= 0.3 is 5.69 Å². The van der Waals surface area contributed by atoms with Crippen LogP contribution in [0.15, 0.2) is 18.2 Å². The van der Waals surface area contributed by atoms with E-state index < -0.39 is 4.92 Å². The summed E-state index contributed by atoms with van der Waals surface area (Å²) >= 11 is 12.5. The van der Waals surface area contributed by atoms with Gasteiger partial charge in [-0.05, 0) is 12.1 Å². The molecule has 1 aromatic heterocycles. The van der Waals surface area contributed by atoms with Gasteiger partial charge in [0.05, 0.1) is 4.92 Å². The van der Waals surface area contributed by atoms with Gasteiger partial charge in [-0.15, -0.1) is 5.10 Å². The first kappa shape index (κ1) is 13.0. The fourth-order valence-electron chi connectivity index (χ4n) is 1.18. The number of nitrogens with zero attached hydrogens (tertiary/aromatic N) is 3. The summed E-state index contributed by atoms with van der Waals surface area (Å²) in [5.74, 6) is 0.105. The Balaban J connectivity index is 2.19. The van der Waals surface area contributed by atoms with Gasteiger partial charge in [-0.3, -0.25) is 10.1 Å². The lowest BCUT2D eigenvalue weighted by molar-refractivity contribution is -0.385. The van der Waals surface area contributed by atoms with Crippen molar-refractivity contribution in [1.82, 2.24) is 9.59 Å². The zero-order valence-electron chi connectivity index (χ0n) is 8.67. The highest BCUT2D eigenvalue weighted by Gasteiger charge is 2.16. The van der Waals surface area contributed by atoms with E-state index in [2.05, 4.69) is 9.59 Å². The third-order valence-electron chi connectivity index (χ3n) is 1.99. The molecule has 1 heterocycles. The number of hydrogen-bond acceptors (Lipinski definition) is 6. The van der Waals surface area contributed by atoms with Crippen molar-refractivity contribution < 1.29 is 9.66 Å². The van der Waals surface area contributed by atoms with Crippen molar-refractivity contribution >= 4 is 40.4 Å². The molecule has 0 atom stereocenters. The predicted octanol–water partition coefficient (Wildman–Crippen LogP) is 3.33. The van der Waals surface area contributed by atoms with Crippen LogP contribution in [0.4, 0.5) is 5.69 Å². The molecule has 18 heavy (non-hydrogen) atoms. The Kier molecular flexibility index (Phi) is 3.95. The Hall–Kier alpha value is -1.44. The van der Waals surface area contributed by atoms with E-state index >= 15 is 0 Å². The molecule has 94 valence electrons. The molecule has 6 nitrogen and oxygen atoms in total. The Bertz CT molecular complexity index is 590. The third kappa shape index (κ3) is 2.87. The summed E-state index contributed by atoms with van der Waals surface area (Å²) < 4.78 is 9.32. The van der Waals surface area contributed by atoms with Crippen LogP contribution in [0.1, 0.15) is 5.69 Å². The summed E-state index contributed by atoms with van der Waals surface area (Å²) in [6.45, 7) is 0.0117. The van der Waals surface area contributed by atoms with Gasteiger partial charge in [0.15, 0.2) is 5.75 Å². The smallest absolute Gasteiger partial charge is 0.312 e. The minimum absolute atomic E-state index is 0.0117. The van der Waals surface area contributed by atoms with Gasteiger partial charge in [-0.1, -0.05) is 27.7 Å². The molecular formula is C9H5Cl2N3O3S. The van der Waals surface area contributed by atoms with Gasteiger partial charge in [0.2, 0.25) is 0 Å². The van der Waals surface area contributed by atoms with Crippen LogP contribution in [-0.2, 0) is 6.61 Å². The van der Waals surface area contributed by atoms with E-state index in [4.69, 9.17) is 27.9 Å². The standard InChI is InChI=1S/C9H5Cl2N3O3S/c10-5-1-2-8(7(3-5)14(15)16)17-4-6-9(11)18-13-12-6/h1-3H,4H2. The van der Waals surface area contributed by atoms with Crippen molar-refractivity contribution in [1.29, 1.82) is 0 Å². The van der Waals surface area contributed by atoms with Gasteiger partial charge in [0.1, 0.15) is 16.6 Å². The maximum absolute atomic E-state index is 10.8. The number of rotatable bonds is 4. The van der Waals surface area contributed by atoms with Crippen LogP contribution in [0.2, 0.25) is 9.36 Å². The summed E-state index contributed by atoms with van der Waals surface area (Å²) in [4.78, 5) is 10.2. The molecular weight excluding hydrogens is 301 g/mol. The number of halogens is 2. The molecule has 0 aliphatic carbocycles. The maximum atomic E-state index is 10.8. The molecule has 9 heteroatoms. The van der Waals surface area contributed by atoms with Crippen molar-refractivity contribution in [2.75, 3.05) is 0 Å². The van der Waals surface area contributed by atoms with E-state index in [1.54, 1.807) is 0 Å². The van der Waals surface area contributed by atoms with Gasteiger partial charge in [-0.25, -0.2) is 0 Å². The first-order valence-electron chi connectivity index (χ1n) is 4.61. The average molecular weight is 306 g/mol. The highest BCUT2D eigenvalue weighted by molar-refractivity contribution is 7.10. The molecule has 0 N–H and O–H groups in total. The van der Waals surface area contributed by atoms with Crippen molar-refractivity contribution in [2.45, 2.75) is 6.61 Å². The van der Waals surface area contributed by atoms with Gasteiger partial charge in [0.25, 0.3) is 0 Å². The first-order valence-corrected chi connectivity index (χ1v) is 6.14. The largest absolute Gasteiger partial charge is 0.480 e. The van der Waals surface area contributed by atoms with Gasteiger partial charge < -0.3 is 4.74 Å². The maximum Gasteiger partial charge on any atom is 0.312 e. The quantitative estimate of drug-likeness (QED) is 0.639. The Morgan fingerprint density at radius 3 is 2.83 bits per heavy atom. The topological polar surface area (TPSA) is 78.2 Å². The number of nitro benzene ring substituents is 1.